The van der Waals surface area contributed by atoms with E-state index >= 15 is 0 Å². The summed E-state index contributed by atoms with van der Waals surface area (Å²) in [5.41, 5.74) is 2.41. The van der Waals surface area contributed by atoms with Crippen molar-refractivity contribution in [1.29, 1.82) is 0 Å². The first-order chi connectivity index (χ1) is 17.3. The molecule has 0 saturated carbocycles. The van der Waals surface area contributed by atoms with E-state index < -0.39 is 11.9 Å². The van der Waals surface area contributed by atoms with Crippen molar-refractivity contribution < 1.29 is 23.8 Å². The number of nitrogens with zero attached hydrogens (tertiary/aromatic N) is 3. The monoisotopic (exact) mass is 497 g/mol. The quantitative estimate of drug-likeness (QED) is 0.328. The number of esters is 1. The van der Waals surface area contributed by atoms with E-state index in [1.165, 1.54) is 6.07 Å². The molecule has 0 saturated heterocycles. The van der Waals surface area contributed by atoms with Crippen molar-refractivity contribution in [2.75, 3.05) is 19.7 Å². The van der Waals surface area contributed by atoms with E-state index in [1.807, 2.05) is 37.3 Å². The van der Waals surface area contributed by atoms with Crippen molar-refractivity contribution in [2.24, 2.45) is 13.0 Å². The number of ether oxygens (including phenoxy) is 2. The Kier molecular flexibility index (Phi) is 10.0. The summed E-state index contributed by atoms with van der Waals surface area (Å²) in [7, 11) is 1.76. The van der Waals surface area contributed by atoms with Crippen LogP contribution in [0.2, 0.25) is 0 Å². The van der Waals surface area contributed by atoms with Crippen LogP contribution in [0.4, 0.5) is 4.39 Å². The Morgan fingerprint density at radius 3 is 2.47 bits per heavy atom. The average molecular weight is 498 g/mol. The fourth-order valence-corrected chi connectivity index (χ4v) is 4.04. The first-order valence-corrected chi connectivity index (χ1v) is 12.4. The van der Waals surface area contributed by atoms with E-state index in [2.05, 4.69) is 18.7 Å². The predicted octanol–water partition coefficient (Wildman–Crippen LogP) is 5.18. The van der Waals surface area contributed by atoms with Gasteiger partial charge in [0.05, 0.1) is 5.56 Å². The minimum absolute atomic E-state index is 0.0649. The molecule has 1 N–H and O–H groups in total. The molecule has 1 heterocycles. The van der Waals surface area contributed by atoms with Gasteiger partial charge in [-0.25, -0.2) is 9.07 Å². The molecule has 3 rings (SSSR count). The lowest BCUT2D eigenvalue weighted by Crippen LogP contribution is -2.37. The van der Waals surface area contributed by atoms with Gasteiger partial charge in [0.15, 0.2) is 11.6 Å². The first kappa shape index (κ1) is 27.4. The van der Waals surface area contributed by atoms with Crippen molar-refractivity contribution in [3.63, 3.8) is 0 Å². The summed E-state index contributed by atoms with van der Waals surface area (Å²) in [4.78, 5) is 13.8. The van der Waals surface area contributed by atoms with Crippen LogP contribution in [0.5, 0.6) is 11.6 Å². The third-order valence-electron chi connectivity index (χ3n) is 5.54. The molecular weight excluding hydrogens is 461 g/mol. The fraction of sp³-hybridized carbons (Fsp3) is 0.429. The Morgan fingerprint density at radius 1 is 1.11 bits per heavy atom. The minimum atomic E-state index is -0.850. The number of carbonyl (C=O) groups is 1. The molecule has 0 radical (unpaired) electrons. The van der Waals surface area contributed by atoms with Crippen molar-refractivity contribution in [1.82, 2.24) is 14.7 Å². The standard InChI is InChI=1S/C28H36FN3O4/c1-5-11-26(34)35-19-22(33)17-32(16-20(2)3)18-23-27(21-12-7-6-8-13-21)30-31(4)28(23)36-25-15-10-9-14-24(25)29/h6-10,12-15,20,22,33H,5,11,16-19H2,1-4H3. The van der Waals surface area contributed by atoms with E-state index in [9.17, 15) is 14.3 Å². The third kappa shape index (κ3) is 7.63. The number of halogens is 1. The van der Waals surface area contributed by atoms with Gasteiger partial charge in [-0.15, -0.1) is 0 Å². The highest BCUT2D eigenvalue weighted by Crippen LogP contribution is 2.35. The molecule has 0 bridgehead atoms. The fourth-order valence-electron chi connectivity index (χ4n) is 4.04. The predicted molar refractivity (Wildman–Crippen MR) is 137 cm³/mol. The largest absolute Gasteiger partial charge is 0.463 e. The summed E-state index contributed by atoms with van der Waals surface area (Å²) < 4.78 is 27.3. The van der Waals surface area contributed by atoms with Crippen LogP contribution < -0.4 is 4.74 Å². The Bertz CT molecular complexity index is 1120. The van der Waals surface area contributed by atoms with Gasteiger partial charge in [-0.2, -0.15) is 5.10 Å². The van der Waals surface area contributed by atoms with Gasteiger partial charge >= 0.3 is 5.97 Å². The van der Waals surface area contributed by atoms with Crippen LogP contribution in [0.3, 0.4) is 0 Å². The van der Waals surface area contributed by atoms with Gasteiger partial charge in [0.25, 0.3) is 0 Å². The Morgan fingerprint density at radius 2 is 1.81 bits per heavy atom. The van der Waals surface area contributed by atoms with Crippen LogP contribution in [0, 0.1) is 11.7 Å². The number of hydrogen-bond acceptors (Lipinski definition) is 6. The lowest BCUT2D eigenvalue weighted by atomic mass is 10.1. The van der Waals surface area contributed by atoms with E-state index in [0.717, 1.165) is 16.8 Å². The van der Waals surface area contributed by atoms with Crippen molar-refractivity contribution in [3.05, 3.63) is 66.0 Å². The number of aromatic nitrogens is 2. The van der Waals surface area contributed by atoms with Crippen molar-refractivity contribution in [3.8, 4) is 22.9 Å². The molecule has 36 heavy (non-hydrogen) atoms. The maximum atomic E-state index is 14.4. The highest BCUT2D eigenvalue weighted by Gasteiger charge is 2.24. The Balaban J connectivity index is 1.92. The number of aryl methyl sites for hydroxylation is 1. The van der Waals surface area contributed by atoms with Crippen LogP contribution in [-0.4, -0.2) is 51.6 Å². The molecule has 2 aromatic carbocycles. The van der Waals surface area contributed by atoms with Gasteiger partial charge in [-0.1, -0.05) is 63.2 Å². The zero-order chi connectivity index (χ0) is 26.1. The topological polar surface area (TPSA) is 76.8 Å². The number of aliphatic hydroxyl groups is 1. The summed E-state index contributed by atoms with van der Waals surface area (Å²) in [6.07, 6.45) is 0.176. The molecule has 0 amide bonds. The van der Waals surface area contributed by atoms with E-state index in [0.29, 0.717) is 44.3 Å². The molecule has 1 unspecified atom stereocenters. The number of hydrogen-bond donors (Lipinski definition) is 1. The van der Waals surface area contributed by atoms with Crippen molar-refractivity contribution >= 4 is 5.97 Å². The van der Waals surface area contributed by atoms with E-state index in [-0.39, 0.29) is 18.3 Å². The SMILES string of the molecule is CCCC(=O)OCC(O)CN(Cc1c(-c2ccccc2)nn(C)c1Oc1ccccc1F)CC(C)C. The zero-order valence-electron chi connectivity index (χ0n) is 21.5. The molecule has 0 aliphatic carbocycles. The van der Waals surface area contributed by atoms with Gasteiger partial charge in [-0.05, 0) is 24.5 Å². The second kappa shape index (κ2) is 13.2. The van der Waals surface area contributed by atoms with Crippen LogP contribution in [0.1, 0.15) is 39.2 Å². The minimum Gasteiger partial charge on any atom is -0.463 e. The molecule has 0 aliphatic heterocycles. The summed E-state index contributed by atoms with van der Waals surface area (Å²) in [6.45, 7) is 7.41. The van der Waals surface area contributed by atoms with Gasteiger partial charge in [0, 0.05) is 38.7 Å². The van der Waals surface area contributed by atoms with Gasteiger partial charge in [-0.3, -0.25) is 9.69 Å². The molecule has 1 atom stereocenters. The van der Waals surface area contributed by atoms with Gasteiger partial charge in [0.2, 0.25) is 5.88 Å². The summed E-state index contributed by atoms with van der Waals surface area (Å²) in [5, 5.41) is 15.3. The molecule has 0 aliphatic rings. The van der Waals surface area contributed by atoms with Crippen LogP contribution in [-0.2, 0) is 23.1 Å². The van der Waals surface area contributed by atoms with Crippen LogP contribution >= 0.6 is 0 Å². The normalized spacial score (nSPS) is 12.2. The van der Waals surface area contributed by atoms with Crippen molar-refractivity contribution in [2.45, 2.75) is 46.3 Å². The smallest absolute Gasteiger partial charge is 0.305 e. The molecular formula is C28H36FN3O4. The van der Waals surface area contributed by atoms with Crippen LogP contribution in [0.15, 0.2) is 54.6 Å². The number of benzene rings is 2. The lowest BCUT2D eigenvalue weighted by molar-refractivity contribution is -0.147. The third-order valence-corrected chi connectivity index (χ3v) is 5.54. The molecule has 0 fully saturated rings. The van der Waals surface area contributed by atoms with E-state index in [1.54, 1.807) is 29.9 Å². The number of para-hydroxylation sites is 1. The highest BCUT2D eigenvalue weighted by atomic mass is 19.1. The van der Waals surface area contributed by atoms with Crippen LogP contribution in [0.25, 0.3) is 11.3 Å². The maximum Gasteiger partial charge on any atom is 0.305 e. The molecule has 7 nitrogen and oxygen atoms in total. The lowest BCUT2D eigenvalue weighted by Gasteiger charge is -2.27. The number of aliphatic hydroxyl groups excluding tert-OH is 1. The first-order valence-electron chi connectivity index (χ1n) is 12.4. The second-order valence-electron chi connectivity index (χ2n) is 9.33. The molecule has 8 heteroatoms. The summed E-state index contributed by atoms with van der Waals surface area (Å²) >= 11 is 0. The second-order valence-corrected chi connectivity index (χ2v) is 9.33. The molecule has 3 aromatic rings. The van der Waals surface area contributed by atoms with Gasteiger partial charge < -0.3 is 14.6 Å². The Labute approximate surface area is 212 Å². The Hall–Kier alpha value is -3.23. The molecule has 194 valence electrons. The van der Waals surface area contributed by atoms with E-state index in [4.69, 9.17) is 14.6 Å². The summed E-state index contributed by atoms with van der Waals surface area (Å²) in [5.74, 6) is 0.0734. The van der Waals surface area contributed by atoms with Gasteiger partial charge in [0.1, 0.15) is 18.4 Å². The molecule has 1 aromatic heterocycles. The summed E-state index contributed by atoms with van der Waals surface area (Å²) in [6, 6.07) is 16.0. The highest BCUT2D eigenvalue weighted by molar-refractivity contribution is 5.69. The average Bonchev–Trinajstić information content (AvgIpc) is 3.14. The molecule has 0 spiro atoms. The number of carbonyl (C=O) groups excluding carboxylic acids is 1. The number of rotatable bonds is 13. The zero-order valence-corrected chi connectivity index (χ0v) is 21.5. The maximum absolute atomic E-state index is 14.4.